The molecule has 3 nitrogen and oxygen atoms in total. The van der Waals surface area contributed by atoms with E-state index in [9.17, 15) is 21.6 Å². The normalized spacial score (nSPS) is 13.2. The summed E-state index contributed by atoms with van der Waals surface area (Å²) in [5.41, 5.74) is -5.05. The van der Waals surface area contributed by atoms with E-state index in [1.807, 2.05) is 0 Å². The van der Waals surface area contributed by atoms with Crippen molar-refractivity contribution in [3.05, 3.63) is 35.9 Å². The van der Waals surface area contributed by atoms with Crippen LogP contribution >= 0.6 is 0 Å². The minimum atomic E-state index is -5.32. The van der Waals surface area contributed by atoms with Crippen LogP contribution in [-0.4, -0.2) is 25.6 Å². The Morgan fingerprint density at radius 3 is 2.47 bits per heavy atom. The molecule has 0 bridgehead atoms. The molecule has 0 aliphatic carbocycles. The van der Waals surface area contributed by atoms with Crippen LogP contribution in [0.2, 0.25) is 0 Å². The highest BCUT2D eigenvalue weighted by molar-refractivity contribution is 7.92. The Morgan fingerprint density at radius 1 is 1.29 bits per heavy atom. The molecule has 7 heteroatoms. The molecule has 0 radical (unpaired) electrons. The maximum absolute atomic E-state index is 12.3. The van der Waals surface area contributed by atoms with Crippen LogP contribution < -0.4 is 0 Å². The molecular weight excluding hydrogens is 257 g/mol. The molecule has 0 atom stereocenters. The predicted molar refractivity (Wildman–Crippen MR) is 55.8 cm³/mol. The SMILES string of the molecule is O=S(=O)(c1cccc(/C=C/CO)c1)C(F)(F)F. The number of aliphatic hydroxyl groups is 1. The molecule has 0 saturated carbocycles. The monoisotopic (exact) mass is 266 g/mol. The second-order valence-electron chi connectivity index (χ2n) is 3.11. The molecule has 1 rings (SSSR count). The Morgan fingerprint density at radius 2 is 1.94 bits per heavy atom. The van der Waals surface area contributed by atoms with Gasteiger partial charge in [0, 0.05) is 0 Å². The third kappa shape index (κ3) is 3.07. The molecule has 0 unspecified atom stereocenters. The summed E-state index contributed by atoms with van der Waals surface area (Å²) < 4.78 is 58.9. The van der Waals surface area contributed by atoms with E-state index in [-0.39, 0.29) is 12.2 Å². The lowest BCUT2D eigenvalue weighted by molar-refractivity contribution is -0.0436. The molecule has 0 heterocycles. The van der Waals surface area contributed by atoms with Crippen molar-refractivity contribution >= 4 is 15.9 Å². The van der Waals surface area contributed by atoms with Crippen molar-refractivity contribution in [2.75, 3.05) is 6.61 Å². The van der Waals surface area contributed by atoms with Gasteiger partial charge in [-0.2, -0.15) is 13.2 Å². The maximum Gasteiger partial charge on any atom is 0.501 e. The van der Waals surface area contributed by atoms with Gasteiger partial charge in [-0.25, -0.2) is 8.42 Å². The van der Waals surface area contributed by atoms with Crippen LogP contribution in [0.5, 0.6) is 0 Å². The molecule has 0 aromatic heterocycles. The second-order valence-corrected chi connectivity index (χ2v) is 5.05. The summed E-state index contributed by atoms with van der Waals surface area (Å²) in [6.07, 6.45) is 2.62. The number of aliphatic hydroxyl groups excluding tert-OH is 1. The van der Waals surface area contributed by atoms with Crippen LogP contribution in [0.25, 0.3) is 6.08 Å². The van der Waals surface area contributed by atoms with Gasteiger partial charge in [0.2, 0.25) is 0 Å². The van der Waals surface area contributed by atoms with Gasteiger partial charge < -0.3 is 5.11 Å². The zero-order valence-corrected chi connectivity index (χ0v) is 9.29. The molecule has 94 valence electrons. The van der Waals surface area contributed by atoms with Crippen LogP contribution in [0.15, 0.2) is 35.2 Å². The van der Waals surface area contributed by atoms with Crippen molar-refractivity contribution in [1.82, 2.24) is 0 Å². The summed E-state index contributed by atoms with van der Waals surface area (Å²) in [6, 6.07) is 4.41. The van der Waals surface area contributed by atoms with Crippen molar-refractivity contribution in [3.63, 3.8) is 0 Å². The van der Waals surface area contributed by atoms with Gasteiger partial charge >= 0.3 is 5.51 Å². The predicted octanol–water partition coefficient (Wildman–Crippen LogP) is 1.99. The fraction of sp³-hybridized carbons (Fsp3) is 0.200. The van der Waals surface area contributed by atoms with Gasteiger partial charge in [0.25, 0.3) is 9.84 Å². The van der Waals surface area contributed by atoms with Crippen LogP contribution in [0.1, 0.15) is 5.56 Å². The first kappa shape index (κ1) is 13.7. The number of hydrogen-bond donors (Lipinski definition) is 1. The molecule has 0 aliphatic heterocycles. The van der Waals surface area contributed by atoms with Crippen molar-refractivity contribution in [2.24, 2.45) is 0 Å². The number of hydrogen-bond acceptors (Lipinski definition) is 3. The lowest BCUT2D eigenvalue weighted by Gasteiger charge is -2.08. The molecule has 0 amide bonds. The summed E-state index contributed by atoms with van der Waals surface area (Å²) in [7, 11) is -5.32. The van der Waals surface area contributed by atoms with Crippen LogP contribution in [0, 0.1) is 0 Å². The molecule has 0 fully saturated rings. The third-order valence-electron chi connectivity index (χ3n) is 1.89. The highest BCUT2D eigenvalue weighted by Crippen LogP contribution is 2.30. The average Bonchev–Trinajstić information content (AvgIpc) is 2.25. The number of sulfone groups is 1. The molecular formula is C10H9F3O3S. The lowest BCUT2D eigenvalue weighted by atomic mass is 10.2. The lowest BCUT2D eigenvalue weighted by Crippen LogP contribution is -2.23. The first-order valence-electron chi connectivity index (χ1n) is 4.48. The highest BCUT2D eigenvalue weighted by Gasteiger charge is 2.46. The third-order valence-corrected chi connectivity index (χ3v) is 3.37. The molecule has 1 aromatic rings. The molecule has 1 N–H and O–H groups in total. The van der Waals surface area contributed by atoms with Crippen molar-refractivity contribution in [2.45, 2.75) is 10.4 Å². The summed E-state index contributed by atoms with van der Waals surface area (Å²) >= 11 is 0. The minimum absolute atomic E-state index is 0.268. The minimum Gasteiger partial charge on any atom is -0.392 e. The van der Waals surface area contributed by atoms with Gasteiger partial charge in [-0.3, -0.25) is 0 Å². The number of benzene rings is 1. The highest BCUT2D eigenvalue weighted by atomic mass is 32.2. The quantitative estimate of drug-likeness (QED) is 0.910. The summed E-state index contributed by atoms with van der Waals surface area (Å²) in [5.74, 6) is 0. The molecule has 0 spiro atoms. The Hall–Kier alpha value is -1.34. The van der Waals surface area contributed by atoms with E-state index in [0.29, 0.717) is 0 Å². The second kappa shape index (κ2) is 4.89. The molecule has 1 aromatic carbocycles. The summed E-state index contributed by atoms with van der Waals surface area (Å²) in [4.78, 5) is -0.815. The van der Waals surface area contributed by atoms with Gasteiger partial charge in [0.1, 0.15) is 0 Å². The molecule has 0 aliphatic rings. The molecule has 17 heavy (non-hydrogen) atoms. The van der Waals surface area contributed by atoms with Crippen LogP contribution in [0.3, 0.4) is 0 Å². The van der Waals surface area contributed by atoms with E-state index < -0.39 is 20.2 Å². The fourth-order valence-corrected chi connectivity index (χ4v) is 1.92. The van der Waals surface area contributed by atoms with Crippen molar-refractivity contribution in [3.8, 4) is 0 Å². The Kier molecular flexibility index (Phi) is 3.94. The fourth-order valence-electron chi connectivity index (χ4n) is 1.11. The smallest absolute Gasteiger partial charge is 0.392 e. The zero-order chi connectivity index (χ0) is 13.1. The van der Waals surface area contributed by atoms with Crippen molar-refractivity contribution < 1.29 is 26.7 Å². The summed E-state index contributed by atoms with van der Waals surface area (Å²) in [5, 5.41) is 8.50. The van der Waals surface area contributed by atoms with E-state index in [1.165, 1.54) is 24.3 Å². The number of alkyl halides is 3. The van der Waals surface area contributed by atoms with Crippen LogP contribution in [0.4, 0.5) is 13.2 Å². The van der Waals surface area contributed by atoms with Gasteiger partial charge in [0.05, 0.1) is 11.5 Å². The van der Waals surface area contributed by atoms with E-state index in [4.69, 9.17) is 5.11 Å². The number of halogens is 3. The van der Waals surface area contributed by atoms with E-state index in [0.717, 1.165) is 12.1 Å². The van der Waals surface area contributed by atoms with E-state index >= 15 is 0 Å². The van der Waals surface area contributed by atoms with E-state index in [2.05, 4.69) is 0 Å². The van der Waals surface area contributed by atoms with Crippen LogP contribution in [-0.2, 0) is 9.84 Å². The van der Waals surface area contributed by atoms with Gasteiger partial charge in [-0.1, -0.05) is 24.3 Å². The topological polar surface area (TPSA) is 54.4 Å². The van der Waals surface area contributed by atoms with E-state index in [1.54, 1.807) is 0 Å². The van der Waals surface area contributed by atoms with Gasteiger partial charge in [0.15, 0.2) is 0 Å². The van der Waals surface area contributed by atoms with Crippen molar-refractivity contribution in [1.29, 1.82) is 0 Å². The standard InChI is InChI=1S/C10H9F3O3S/c11-10(12,13)17(15,16)9-5-1-3-8(7-9)4-2-6-14/h1-5,7,14H,6H2/b4-2+. The first-order valence-corrected chi connectivity index (χ1v) is 5.96. The largest absolute Gasteiger partial charge is 0.501 e. The maximum atomic E-state index is 12.3. The summed E-state index contributed by atoms with van der Waals surface area (Å²) in [6.45, 7) is -0.281. The Labute approximate surface area is 96.1 Å². The Balaban J connectivity index is 3.21. The van der Waals surface area contributed by atoms with Gasteiger partial charge in [-0.15, -0.1) is 0 Å². The average molecular weight is 266 g/mol. The Bertz CT molecular complexity index is 518. The zero-order valence-electron chi connectivity index (χ0n) is 8.48. The molecule has 0 saturated heterocycles. The number of rotatable bonds is 3. The first-order chi connectivity index (χ1) is 7.79. The van der Waals surface area contributed by atoms with Gasteiger partial charge in [-0.05, 0) is 17.7 Å².